The molecule has 5 atom stereocenters. The first-order valence-electron chi connectivity index (χ1n) is 13.1. The minimum absolute atomic E-state index is 0.0243. The van der Waals surface area contributed by atoms with Gasteiger partial charge in [-0.3, -0.25) is 19.7 Å². The summed E-state index contributed by atoms with van der Waals surface area (Å²) in [5, 5.41) is 12.4. The molecule has 0 bridgehead atoms. The molecule has 1 aliphatic carbocycles. The predicted molar refractivity (Wildman–Crippen MR) is 140 cm³/mol. The number of carbonyl (C=O) groups excluding carboxylic acids is 3. The minimum atomic E-state index is -3.31. The summed E-state index contributed by atoms with van der Waals surface area (Å²) in [4.78, 5) is 38.8. The zero-order valence-corrected chi connectivity index (χ0v) is 23.2. The van der Waals surface area contributed by atoms with Crippen molar-refractivity contribution in [3.63, 3.8) is 0 Å². The van der Waals surface area contributed by atoms with Gasteiger partial charge in [0, 0.05) is 18.2 Å². The molecular formula is C29H33F3N2O6. The molecule has 1 saturated carbocycles. The highest BCUT2D eigenvalue weighted by Gasteiger charge is 2.77. The molecule has 1 aliphatic heterocycles. The van der Waals surface area contributed by atoms with Gasteiger partial charge >= 0.3 is 5.85 Å². The zero-order chi connectivity index (χ0) is 29.8. The first-order chi connectivity index (χ1) is 18.6. The summed E-state index contributed by atoms with van der Waals surface area (Å²) in [7, 11) is 1.62. The van der Waals surface area contributed by atoms with Crippen molar-refractivity contribution in [1.82, 2.24) is 10.2 Å². The molecule has 2 aliphatic rings. The highest BCUT2D eigenvalue weighted by molar-refractivity contribution is 6.21. The Kier molecular flexibility index (Phi) is 7.42. The molecule has 11 heteroatoms. The standard InChI is InChI=1S/C29H33F3N2O6/c1-7-27(4,8-2)34(6)24(38)21-14-17(10-11-18(21)15(3)35)40-29(32)25(30)28(5,31)26(29)39-16-9-12-19-20(13-16)23(37)33-22(19)36/h9-15,25-26,35H,7-8H2,1-6H3,(H,33,36,37). The van der Waals surface area contributed by atoms with Gasteiger partial charge in [0.25, 0.3) is 17.7 Å². The molecule has 0 saturated heterocycles. The van der Waals surface area contributed by atoms with Crippen LogP contribution in [0.15, 0.2) is 36.4 Å². The Bertz CT molecular complexity index is 1360. The average molecular weight is 563 g/mol. The second-order valence-corrected chi connectivity index (χ2v) is 10.8. The molecule has 1 heterocycles. The van der Waals surface area contributed by atoms with Crippen LogP contribution >= 0.6 is 0 Å². The number of nitrogens with one attached hydrogen (secondary N) is 1. The van der Waals surface area contributed by atoms with E-state index >= 15 is 8.78 Å². The molecule has 3 amide bonds. The monoisotopic (exact) mass is 562 g/mol. The van der Waals surface area contributed by atoms with E-state index in [1.807, 2.05) is 20.8 Å². The van der Waals surface area contributed by atoms with E-state index in [9.17, 15) is 23.9 Å². The van der Waals surface area contributed by atoms with E-state index in [-0.39, 0.29) is 33.8 Å². The van der Waals surface area contributed by atoms with Gasteiger partial charge in [-0.2, -0.15) is 4.39 Å². The number of fused-ring (bicyclic) bond motifs is 1. The maximum Gasteiger partial charge on any atom is 0.322 e. The smallest absolute Gasteiger partial charge is 0.322 e. The fraction of sp³-hybridized carbons (Fsp3) is 0.483. The zero-order valence-electron chi connectivity index (χ0n) is 23.2. The van der Waals surface area contributed by atoms with Gasteiger partial charge in [-0.05, 0) is 69.5 Å². The molecule has 8 nitrogen and oxygen atoms in total. The van der Waals surface area contributed by atoms with Crippen molar-refractivity contribution in [2.24, 2.45) is 0 Å². The molecule has 2 aromatic rings. The van der Waals surface area contributed by atoms with E-state index in [1.165, 1.54) is 42.2 Å². The van der Waals surface area contributed by atoms with Crippen molar-refractivity contribution in [2.75, 3.05) is 7.05 Å². The number of carbonyl (C=O) groups is 3. The lowest BCUT2D eigenvalue weighted by Crippen LogP contribution is -2.78. The molecule has 216 valence electrons. The van der Waals surface area contributed by atoms with Crippen LogP contribution in [0.1, 0.15) is 90.2 Å². The SMILES string of the molecule is CCC(C)(CC)N(C)C(=O)c1cc(OC2(F)C(F)C(C)(F)C2Oc2ccc3c(c2)C(=O)NC3=O)ccc1C(C)O. The van der Waals surface area contributed by atoms with Crippen LogP contribution in [0.4, 0.5) is 13.2 Å². The van der Waals surface area contributed by atoms with Crippen LogP contribution in [-0.4, -0.2) is 64.1 Å². The summed E-state index contributed by atoms with van der Waals surface area (Å²) in [6, 6.07) is 7.45. The van der Waals surface area contributed by atoms with Crippen molar-refractivity contribution in [2.45, 2.75) is 82.9 Å². The van der Waals surface area contributed by atoms with Crippen molar-refractivity contribution in [3.8, 4) is 11.5 Å². The lowest BCUT2D eigenvalue weighted by atomic mass is 9.72. The normalized spacial score (nSPS) is 26.4. The quantitative estimate of drug-likeness (QED) is 0.424. The van der Waals surface area contributed by atoms with Gasteiger partial charge < -0.3 is 19.5 Å². The van der Waals surface area contributed by atoms with Crippen molar-refractivity contribution in [3.05, 3.63) is 58.7 Å². The highest BCUT2D eigenvalue weighted by atomic mass is 19.2. The third-order valence-corrected chi connectivity index (χ3v) is 8.29. The molecule has 4 rings (SSSR count). The third-order valence-electron chi connectivity index (χ3n) is 8.29. The highest BCUT2D eigenvalue weighted by Crippen LogP contribution is 2.52. The Morgan fingerprint density at radius 1 is 1.10 bits per heavy atom. The first-order valence-corrected chi connectivity index (χ1v) is 13.1. The number of rotatable bonds is 9. The van der Waals surface area contributed by atoms with Gasteiger partial charge in [-0.15, -0.1) is 0 Å². The summed E-state index contributed by atoms with van der Waals surface area (Å²) in [5.41, 5.74) is -3.01. The number of alkyl halides is 3. The summed E-state index contributed by atoms with van der Waals surface area (Å²) < 4.78 is 57.1. The maximum atomic E-state index is 16.1. The third kappa shape index (κ3) is 4.59. The van der Waals surface area contributed by atoms with E-state index < -0.39 is 53.2 Å². The Morgan fingerprint density at radius 2 is 1.70 bits per heavy atom. The Balaban J connectivity index is 1.66. The number of aliphatic hydroxyl groups excluding tert-OH is 1. The Hall–Kier alpha value is -3.60. The summed E-state index contributed by atoms with van der Waals surface area (Å²) in [6.45, 7) is 8.08. The lowest BCUT2D eigenvalue weighted by molar-refractivity contribution is -0.319. The van der Waals surface area contributed by atoms with E-state index in [4.69, 9.17) is 9.47 Å². The van der Waals surface area contributed by atoms with Gasteiger partial charge in [0.2, 0.25) is 12.3 Å². The Morgan fingerprint density at radius 3 is 2.30 bits per heavy atom. The van der Waals surface area contributed by atoms with Crippen LogP contribution in [-0.2, 0) is 0 Å². The van der Waals surface area contributed by atoms with Crippen LogP contribution in [0.5, 0.6) is 11.5 Å². The van der Waals surface area contributed by atoms with Crippen LogP contribution in [0.2, 0.25) is 0 Å². The molecule has 40 heavy (non-hydrogen) atoms. The van der Waals surface area contributed by atoms with Gasteiger partial charge in [0.1, 0.15) is 11.5 Å². The molecule has 0 aromatic heterocycles. The van der Waals surface area contributed by atoms with Crippen molar-refractivity contribution < 1.29 is 42.1 Å². The molecule has 1 fully saturated rings. The van der Waals surface area contributed by atoms with Crippen LogP contribution in [0.25, 0.3) is 0 Å². The van der Waals surface area contributed by atoms with Crippen LogP contribution < -0.4 is 14.8 Å². The first kappa shape index (κ1) is 29.4. The number of hydrogen-bond donors (Lipinski definition) is 2. The number of imide groups is 1. The van der Waals surface area contributed by atoms with E-state index in [2.05, 4.69) is 5.32 Å². The fourth-order valence-electron chi connectivity index (χ4n) is 5.08. The van der Waals surface area contributed by atoms with E-state index in [1.54, 1.807) is 7.05 Å². The van der Waals surface area contributed by atoms with Gasteiger partial charge in [0.05, 0.1) is 17.2 Å². The number of amides is 3. The van der Waals surface area contributed by atoms with Gasteiger partial charge in [-0.1, -0.05) is 19.9 Å². The minimum Gasteiger partial charge on any atom is -0.480 e. The number of halogens is 3. The van der Waals surface area contributed by atoms with Gasteiger partial charge in [0.15, 0.2) is 5.67 Å². The van der Waals surface area contributed by atoms with E-state index in [0.29, 0.717) is 12.8 Å². The molecule has 0 spiro atoms. The molecule has 0 radical (unpaired) electrons. The Labute approximate surface area is 230 Å². The predicted octanol–water partition coefficient (Wildman–Crippen LogP) is 4.85. The second kappa shape index (κ2) is 10.1. The number of aliphatic hydroxyl groups is 1. The van der Waals surface area contributed by atoms with Crippen molar-refractivity contribution >= 4 is 17.7 Å². The second-order valence-electron chi connectivity index (χ2n) is 10.8. The fourth-order valence-corrected chi connectivity index (χ4v) is 5.08. The number of benzene rings is 2. The maximum absolute atomic E-state index is 16.1. The topological polar surface area (TPSA) is 105 Å². The molecule has 2 N–H and O–H groups in total. The molecule has 5 unspecified atom stereocenters. The van der Waals surface area contributed by atoms with Crippen LogP contribution in [0, 0.1) is 0 Å². The number of hydrogen-bond acceptors (Lipinski definition) is 6. The summed E-state index contributed by atoms with van der Waals surface area (Å²) in [5.74, 6) is -5.52. The average Bonchev–Trinajstić information content (AvgIpc) is 3.21. The van der Waals surface area contributed by atoms with Gasteiger partial charge in [-0.25, -0.2) is 8.78 Å². The molecule has 2 aromatic carbocycles. The largest absolute Gasteiger partial charge is 0.480 e. The van der Waals surface area contributed by atoms with Crippen molar-refractivity contribution in [1.29, 1.82) is 0 Å². The number of nitrogens with zero attached hydrogens (tertiary/aromatic N) is 1. The van der Waals surface area contributed by atoms with Crippen LogP contribution in [0.3, 0.4) is 0 Å². The number of ether oxygens (including phenoxy) is 2. The summed E-state index contributed by atoms with van der Waals surface area (Å²) >= 11 is 0. The molecular weight excluding hydrogens is 529 g/mol. The lowest BCUT2D eigenvalue weighted by Gasteiger charge is -2.52. The summed E-state index contributed by atoms with van der Waals surface area (Å²) in [6.07, 6.45) is -4.62. The van der Waals surface area contributed by atoms with E-state index in [0.717, 1.165) is 13.0 Å².